The SMILES string of the molecule is COC(=O)C=Cc1ccc(OCCCCCCCCc2cc(Br)sc2Br)cc1. The van der Waals surface area contributed by atoms with Crippen molar-refractivity contribution in [2.24, 2.45) is 0 Å². The number of hydrogen-bond acceptors (Lipinski definition) is 4. The Morgan fingerprint density at radius 1 is 1.04 bits per heavy atom. The van der Waals surface area contributed by atoms with Crippen LogP contribution in [0.2, 0.25) is 0 Å². The van der Waals surface area contributed by atoms with Gasteiger partial charge in [0.05, 0.1) is 21.3 Å². The number of thiophene rings is 1. The van der Waals surface area contributed by atoms with Gasteiger partial charge in [-0.3, -0.25) is 0 Å². The zero-order valence-corrected chi connectivity index (χ0v) is 20.1. The van der Waals surface area contributed by atoms with Gasteiger partial charge in [-0.1, -0.05) is 37.8 Å². The van der Waals surface area contributed by atoms with E-state index >= 15 is 0 Å². The van der Waals surface area contributed by atoms with Gasteiger partial charge in [0.25, 0.3) is 0 Å². The summed E-state index contributed by atoms with van der Waals surface area (Å²) >= 11 is 8.90. The number of carbonyl (C=O) groups is 1. The molecule has 0 aliphatic carbocycles. The van der Waals surface area contributed by atoms with Crippen LogP contribution in [0.25, 0.3) is 6.08 Å². The second kappa shape index (κ2) is 13.2. The van der Waals surface area contributed by atoms with Crippen LogP contribution < -0.4 is 4.74 Å². The Labute approximate surface area is 188 Å². The smallest absolute Gasteiger partial charge is 0.330 e. The molecule has 0 atom stereocenters. The molecule has 3 nitrogen and oxygen atoms in total. The molecule has 0 unspecified atom stereocenters. The van der Waals surface area contributed by atoms with E-state index in [9.17, 15) is 4.79 Å². The van der Waals surface area contributed by atoms with Crippen LogP contribution in [0.15, 0.2) is 44.0 Å². The molecule has 152 valence electrons. The van der Waals surface area contributed by atoms with Crippen LogP contribution >= 0.6 is 43.2 Å². The standard InChI is InChI=1S/C22H26Br2O3S/c1-26-21(25)14-11-17-9-12-19(13-10-17)27-15-7-5-3-2-4-6-8-18-16-20(23)28-22(18)24/h9-14,16H,2-8,15H2,1H3. The Balaban J connectivity index is 1.50. The molecule has 1 heterocycles. The Morgan fingerprint density at radius 2 is 1.71 bits per heavy atom. The summed E-state index contributed by atoms with van der Waals surface area (Å²) in [6.07, 6.45) is 11.6. The van der Waals surface area contributed by atoms with E-state index in [0.717, 1.165) is 30.8 Å². The number of unbranched alkanes of at least 4 members (excludes halogenated alkanes) is 5. The van der Waals surface area contributed by atoms with Crippen LogP contribution in [-0.2, 0) is 16.0 Å². The average molecular weight is 530 g/mol. The molecule has 0 spiro atoms. The first-order valence-electron chi connectivity index (χ1n) is 9.51. The minimum atomic E-state index is -0.354. The van der Waals surface area contributed by atoms with E-state index in [4.69, 9.17) is 4.74 Å². The molecule has 6 heteroatoms. The molecular weight excluding hydrogens is 504 g/mol. The zero-order valence-electron chi connectivity index (χ0n) is 16.1. The first kappa shape index (κ1) is 23.2. The van der Waals surface area contributed by atoms with E-state index in [1.54, 1.807) is 17.4 Å². The van der Waals surface area contributed by atoms with E-state index < -0.39 is 0 Å². The molecule has 1 aromatic heterocycles. The molecule has 0 saturated carbocycles. The Morgan fingerprint density at radius 3 is 2.36 bits per heavy atom. The first-order valence-corrected chi connectivity index (χ1v) is 11.9. The lowest BCUT2D eigenvalue weighted by Gasteiger charge is -2.06. The normalized spacial score (nSPS) is 11.1. The number of carbonyl (C=O) groups excluding carboxylic acids is 1. The molecule has 0 bridgehead atoms. The highest BCUT2D eigenvalue weighted by Crippen LogP contribution is 2.32. The monoisotopic (exact) mass is 528 g/mol. The predicted molar refractivity (Wildman–Crippen MR) is 124 cm³/mol. The van der Waals surface area contributed by atoms with Crippen molar-refractivity contribution in [1.29, 1.82) is 0 Å². The number of benzene rings is 1. The predicted octanol–water partition coefficient (Wildman–Crippen LogP) is 7.42. The van der Waals surface area contributed by atoms with E-state index in [-0.39, 0.29) is 5.97 Å². The van der Waals surface area contributed by atoms with Crippen LogP contribution in [0.3, 0.4) is 0 Å². The highest BCUT2D eigenvalue weighted by Gasteiger charge is 2.04. The fourth-order valence-electron chi connectivity index (χ4n) is 2.77. The van der Waals surface area contributed by atoms with Crippen molar-refractivity contribution >= 4 is 55.2 Å². The number of ether oxygens (including phenoxy) is 2. The first-order chi connectivity index (χ1) is 13.6. The molecule has 28 heavy (non-hydrogen) atoms. The third kappa shape index (κ3) is 8.93. The van der Waals surface area contributed by atoms with Gasteiger partial charge in [-0.05, 0) is 86.5 Å². The minimum absolute atomic E-state index is 0.354. The highest BCUT2D eigenvalue weighted by molar-refractivity contribution is 9.12. The lowest BCUT2D eigenvalue weighted by Crippen LogP contribution is -1.97. The van der Waals surface area contributed by atoms with E-state index in [1.807, 2.05) is 24.3 Å². The molecule has 2 rings (SSSR count). The zero-order chi connectivity index (χ0) is 20.2. The topological polar surface area (TPSA) is 35.5 Å². The van der Waals surface area contributed by atoms with Crippen LogP contribution in [0, 0.1) is 0 Å². The summed E-state index contributed by atoms with van der Waals surface area (Å²) < 4.78 is 12.8. The second-order valence-corrected chi connectivity index (χ2v) is 10.2. The van der Waals surface area contributed by atoms with Gasteiger partial charge in [0, 0.05) is 6.08 Å². The summed E-state index contributed by atoms with van der Waals surface area (Å²) in [5.74, 6) is 0.510. The molecule has 0 fully saturated rings. The third-order valence-electron chi connectivity index (χ3n) is 4.33. The van der Waals surface area contributed by atoms with Crippen molar-refractivity contribution in [3.05, 3.63) is 55.1 Å². The van der Waals surface area contributed by atoms with Crippen LogP contribution in [0.5, 0.6) is 5.75 Å². The molecule has 2 aromatic rings. The lowest BCUT2D eigenvalue weighted by molar-refractivity contribution is -0.134. The lowest BCUT2D eigenvalue weighted by atomic mass is 10.1. The Hall–Kier alpha value is -1.11. The molecule has 0 radical (unpaired) electrons. The summed E-state index contributed by atoms with van der Waals surface area (Å²) in [7, 11) is 1.37. The number of hydrogen-bond donors (Lipinski definition) is 0. The minimum Gasteiger partial charge on any atom is -0.494 e. The van der Waals surface area contributed by atoms with Gasteiger partial charge in [0.2, 0.25) is 0 Å². The molecule has 0 aliphatic rings. The number of rotatable bonds is 12. The maximum Gasteiger partial charge on any atom is 0.330 e. The van der Waals surface area contributed by atoms with E-state index in [2.05, 4.69) is 42.7 Å². The van der Waals surface area contributed by atoms with Crippen molar-refractivity contribution in [3.63, 3.8) is 0 Å². The van der Waals surface area contributed by atoms with Crippen LogP contribution in [0.1, 0.15) is 49.7 Å². The van der Waals surface area contributed by atoms with Crippen molar-refractivity contribution in [3.8, 4) is 5.75 Å². The molecule has 0 amide bonds. The number of methoxy groups -OCH3 is 1. The molecule has 0 aliphatic heterocycles. The second-order valence-electron chi connectivity index (χ2n) is 6.49. The quantitative estimate of drug-likeness (QED) is 0.163. The molecule has 1 aromatic carbocycles. The Kier molecular flexibility index (Phi) is 10.9. The number of halogens is 2. The molecule has 0 N–H and O–H groups in total. The third-order valence-corrected chi connectivity index (χ3v) is 6.79. The van der Waals surface area contributed by atoms with Crippen LogP contribution in [-0.4, -0.2) is 19.7 Å². The number of esters is 1. The van der Waals surface area contributed by atoms with Crippen molar-refractivity contribution in [2.45, 2.75) is 44.9 Å². The average Bonchev–Trinajstić information content (AvgIpc) is 3.02. The van der Waals surface area contributed by atoms with E-state index in [1.165, 1.54) is 58.4 Å². The Bertz CT molecular complexity index is 754. The summed E-state index contributed by atoms with van der Waals surface area (Å²) in [4.78, 5) is 11.1. The molecule has 0 saturated heterocycles. The van der Waals surface area contributed by atoms with Crippen molar-refractivity contribution in [2.75, 3.05) is 13.7 Å². The fourth-order valence-corrected chi connectivity index (χ4v) is 5.68. The fraction of sp³-hybridized carbons (Fsp3) is 0.409. The summed E-state index contributed by atoms with van der Waals surface area (Å²) in [5, 5.41) is 0. The highest BCUT2D eigenvalue weighted by atomic mass is 79.9. The van der Waals surface area contributed by atoms with Gasteiger partial charge < -0.3 is 9.47 Å². The van der Waals surface area contributed by atoms with Gasteiger partial charge in [-0.25, -0.2) is 4.79 Å². The molecular formula is C22H26Br2O3S. The van der Waals surface area contributed by atoms with Crippen molar-refractivity contribution in [1.82, 2.24) is 0 Å². The van der Waals surface area contributed by atoms with E-state index in [0.29, 0.717) is 0 Å². The summed E-state index contributed by atoms with van der Waals surface area (Å²) in [6.45, 7) is 0.743. The van der Waals surface area contributed by atoms with Gasteiger partial charge in [0.15, 0.2) is 0 Å². The maximum atomic E-state index is 11.1. The van der Waals surface area contributed by atoms with Gasteiger partial charge in [-0.2, -0.15) is 0 Å². The van der Waals surface area contributed by atoms with Crippen molar-refractivity contribution < 1.29 is 14.3 Å². The summed E-state index contributed by atoms with van der Waals surface area (Å²) in [6, 6.07) is 9.93. The number of aryl methyl sites for hydroxylation is 1. The maximum absolute atomic E-state index is 11.1. The summed E-state index contributed by atoms with van der Waals surface area (Å²) in [5.41, 5.74) is 2.36. The van der Waals surface area contributed by atoms with Crippen LogP contribution in [0.4, 0.5) is 0 Å². The van der Waals surface area contributed by atoms with Gasteiger partial charge in [0.1, 0.15) is 5.75 Å². The van der Waals surface area contributed by atoms with Gasteiger partial charge >= 0.3 is 5.97 Å². The van der Waals surface area contributed by atoms with Gasteiger partial charge in [-0.15, -0.1) is 11.3 Å². The largest absolute Gasteiger partial charge is 0.494 e.